The zero-order chi connectivity index (χ0) is 10.0. The molecule has 4 N–H and O–H groups in total. The molecule has 0 unspecified atom stereocenters. The van der Waals surface area contributed by atoms with Gasteiger partial charge in [-0.15, -0.1) is 0 Å². The smallest absolute Gasteiger partial charge is 0.145 e. The molecule has 0 aromatic heterocycles. The summed E-state index contributed by atoms with van der Waals surface area (Å²) in [5.41, 5.74) is 11.0. The highest BCUT2D eigenvalue weighted by molar-refractivity contribution is 6.30. The fourth-order valence-corrected chi connectivity index (χ4v) is 1.03. The average molecular weight is 207 g/mol. The standard InChI is InChI=1S/C8H9ClF2N2/c9-8-5(10)1-4(2-6(8)11)7(13)3-12/h1-2,7H,3,12-13H2/t7-/m1/s1. The van der Waals surface area contributed by atoms with Gasteiger partial charge in [-0.3, -0.25) is 0 Å². The zero-order valence-corrected chi connectivity index (χ0v) is 7.48. The third kappa shape index (κ3) is 2.15. The number of nitrogens with two attached hydrogens (primary N) is 2. The van der Waals surface area contributed by atoms with Crippen molar-refractivity contribution >= 4 is 11.6 Å². The first-order chi connectivity index (χ1) is 6.06. The highest BCUT2D eigenvalue weighted by Crippen LogP contribution is 2.22. The van der Waals surface area contributed by atoms with Crippen LogP contribution < -0.4 is 11.5 Å². The monoisotopic (exact) mass is 206 g/mol. The van der Waals surface area contributed by atoms with Gasteiger partial charge in [0, 0.05) is 12.6 Å². The van der Waals surface area contributed by atoms with Gasteiger partial charge in [0.25, 0.3) is 0 Å². The first kappa shape index (κ1) is 10.4. The maximum Gasteiger partial charge on any atom is 0.145 e. The fourth-order valence-electron chi connectivity index (χ4n) is 0.925. The summed E-state index contributed by atoms with van der Waals surface area (Å²) in [6.45, 7) is 0.126. The molecule has 13 heavy (non-hydrogen) atoms. The van der Waals surface area contributed by atoms with Gasteiger partial charge in [0.15, 0.2) is 0 Å². The van der Waals surface area contributed by atoms with E-state index in [-0.39, 0.29) is 6.54 Å². The Labute approximate surface area is 79.5 Å². The summed E-state index contributed by atoms with van der Waals surface area (Å²) >= 11 is 5.28. The number of hydrogen-bond acceptors (Lipinski definition) is 2. The minimum absolute atomic E-state index is 0.126. The van der Waals surface area contributed by atoms with Crippen molar-refractivity contribution < 1.29 is 8.78 Å². The van der Waals surface area contributed by atoms with Gasteiger partial charge < -0.3 is 11.5 Å². The second-order valence-corrected chi connectivity index (χ2v) is 3.02. The molecule has 5 heteroatoms. The zero-order valence-electron chi connectivity index (χ0n) is 6.73. The molecular formula is C8H9ClF2N2. The molecule has 0 bridgehead atoms. The van der Waals surface area contributed by atoms with Crippen LogP contribution in [0.25, 0.3) is 0 Å². The topological polar surface area (TPSA) is 52.0 Å². The third-order valence-corrected chi connectivity index (χ3v) is 2.05. The van der Waals surface area contributed by atoms with Crippen molar-refractivity contribution in [2.75, 3.05) is 6.54 Å². The summed E-state index contributed by atoms with van der Waals surface area (Å²) in [5, 5.41) is -0.520. The molecule has 0 saturated heterocycles. The molecule has 0 radical (unpaired) electrons. The maximum atomic E-state index is 12.9. The van der Waals surface area contributed by atoms with Crippen LogP contribution in [0.15, 0.2) is 12.1 Å². The van der Waals surface area contributed by atoms with Gasteiger partial charge in [-0.1, -0.05) is 11.6 Å². The van der Waals surface area contributed by atoms with E-state index in [1.54, 1.807) is 0 Å². The molecule has 0 fully saturated rings. The van der Waals surface area contributed by atoms with Crippen molar-refractivity contribution in [2.45, 2.75) is 6.04 Å². The van der Waals surface area contributed by atoms with Crippen molar-refractivity contribution in [1.82, 2.24) is 0 Å². The van der Waals surface area contributed by atoms with Crippen LogP contribution in [0.5, 0.6) is 0 Å². The molecule has 1 aromatic rings. The Morgan fingerprint density at radius 1 is 1.31 bits per heavy atom. The summed E-state index contributed by atoms with van der Waals surface area (Å²) in [7, 11) is 0. The predicted octanol–water partition coefficient (Wildman–Crippen LogP) is 1.58. The Morgan fingerprint density at radius 3 is 2.15 bits per heavy atom. The van der Waals surface area contributed by atoms with E-state index in [4.69, 9.17) is 23.1 Å². The van der Waals surface area contributed by atoms with Gasteiger partial charge >= 0.3 is 0 Å². The lowest BCUT2D eigenvalue weighted by atomic mass is 10.1. The van der Waals surface area contributed by atoms with Gasteiger partial charge in [-0.05, 0) is 17.7 Å². The molecule has 0 spiro atoms. The Bertz CT molecular complexity index is 294. The number of rotatable bonds is 2. The molecule has 1 aromatic carbocycles. The molecule has 0 amide bonds. The molecule has 72 valence electrons. The molecule has 2 nitrogen and oxygen atoms in total. The Hall–Kier alpha value is -0.710. The van der Waals surface area contributed by atoms with Crippen LogP contribution >= 0.6 is 11.6 Å². The molecule has 1 atom stereocenters. The van der Waals surface area contributed by atoms with E-state index >= 15 is 0 Å². The average Bonchev–Trinajstić information content (AvgIpc) is 2.12. The van der Waals surface area contributed by atoms with Crippen molar-refractivity contribution in [1.29, 1.82) is 0 Å². The molecule has 0 aliphatic carbocycles. The van der Waals surface area contributed by atoms with Crippen LogP contribution in [-0.4, -0.2) is 6.54 Å². The van der Waals surface area contributed by atoms with E-state index in [9.17, 15) is 8.78 Å². The lowest BCUT2D eigenvalue weighted by Gasteiger charge is -2.09. The molecular weight excluding hydrogens is 198 g/mol. The first-order valence-electron chi connectivity index (χ1n) is 3.66. The SMILES string of the molecule is NC[C@@H](N)c1cc(F)c(Cl)c(F)c1. The second-order valence-electron chi connectivity index (χ2n) is 2.64. The quantitative estimate of drug-likeness (QED) is 0.722. The summed E-state index contributed by atoms with van der Waals surface area (Å²) in [4.78, 5) is 0. The van der Waals surface area contributed by atoms with Crippen molar-refractivity contribution in [3.05, 3.63) is 34.4 Å². The van der Waals surface area contributed by atoms with Crippen molar-refractivity contribution in [3.63, 3.8) is 0 Å². The van der Waals surface area contributed by atoms with Crippen LogP contribution in [0.1, 0.15) is 11.6 Å². The summed E-state index contributed by atoms with van der Waals surface area (Å²) < 4.78 is 25.7. The third-order valence-electron chi connectivity index (χ3n) is 1.69. The van der Waals surface area contributed by atoms with E-state index in [1.165, 1.54) is 0 Å². The van der Waals surface area contributed by atoms with Gasteiger partial charge in [-0.2, -0.15) is 0 Å². The van der Waals surface area contributed by atoms with E-state index in [1.807, 2.05) is 0 Å². The molecule has 0 aliphatic rings. The Balaban J connectivity index is 3.13. The summed E-state index contributed by atoms with van der Waals surface area (Å²) in [6, 6.07) is 1.60. The molecule has 0 saturated carbocycles. The molecule has 0 aliphatic heterocycles. The normalized spacial score (nSPS) is 13.0. The largest absolute Gasteiger partial charge is 0.329 e. The van der Waals surface area contributed by atoms with Gasteiger partial charge in [0.05, 0.1) is 0 Å². The maximum absolute atomic E-state index is 12.9. The minimum Gasteiger partial charge on any atom is -0.329 e. The summed E-state index contributed by atoms with van der Waals surface area (Å²) in [6.07, 6.45) is 0. The number of benzene rings is 1. The minimum atomic E-state index is -0.819. The van der Waals surface area contributed by atoms with Crippen LogP contribution in [-0.2, 0) is 0 Å². The van der Waals surface area contributed by atoms with E-state index < -0.39 is 22.7 Å². The van der Waals surface area contributed by atoms with E-state index in [2.05, 4.69) is 0 Å². The van der Waals surface area contributed by atoms with Crippen molar-refractivity contribution in [3.8, 4) is 0 Å². The van der Waals surface area contributed by atoms with E-state index in [0.717, 1.165) is 12.1 Å². The summed E-state index contributed by atoms with van der Waals surface area (Å²) in [5.74, 6) is -1.64. The van der Waals surface area contributed by atoms with Gasteiger partial charge in [0.1, 0.15) is 16.7 Å². The molecule has 1 rings (SSSR count). The van der Waals surface area contributed by atoms with Crippen LogP contribution in [0.2, 0.25) is 5.02 Å². The lowest BCUT2D eigenvalue weighted by Crippen LogP contribution is -2.21. The fraction of sp³-hybridized carbons (Fsp3) is 0.250. The predicted molar refractivity (Wildman–Crippen MR) is 47.4 cm³/mol. The molecule has 0 heterocycles. The van der Waals surface area contributed by atoms with Crippen LogP contribution in [0.4, 0.5) is 8.78 Å². The lowest BCUT2D eigenvalue weighted by molar-refractivity contribution is 0.574. The first-order valence-corrected chi connectivity index (χ1v) is 4.04. The van der Waals surface area contributed by atoms with E-state index in [0.29, 0.717) is 5.56 Å². The Morgan fingerprint density at radius 2 is 1.77 bits per heavy atom. The van der Waals surface area contributed by atoms with Gasteiger partial charge in [-0.25, -0.2) is 8.78 Å². The highest BCUT2D eigenvalue weighted by atomic mass is 35.5. The number of hydrogen-bond donors (Lipinski definition) is 2. The second kappa shape index (κ2) is 4.00. The van der Waals surface area contributed by atoms with Crippen LogP contribution in [0, 0.1) is 11.6 Å². The number of halogens is 3. The highest BCUT2D eigenvalue weighted by Gasteiger charge is 2.12. The van der Waals surface area contributed by atoms with Crippen molar-refractivity contribution in [2.24, 2.45) is 11.5 Å². The van der Waals surface area contributed by atoms with Crippen LogP contribution in [0.3, 0.4) is 0 Å². The Kier molecular flexibility index (Phi) is 3.19. The van der Waals surface area contributed by atoms with Gasteiger partial charge in [0.2, 0.25) is 0 Å².